The quantitative estimate of drug-likeness (QED) is 0.742. The minimum Gasteiger partial charge on any atom is -0.469 e. The summed E-state index contributed by atoms with van der Waals surface area (Å²) in [7, 11) is 0. The van der Waals surface area contributed by atoms with Crippen LogP contribution in [0.15, 0.2) is 46.4 Å². The number of benzene rings is 1. The van der Waals surface area contributed by atoms with Crippen molar-refractivity contribution in [3.05, 3.63) is 53.3 Å². The van der Waals surface area contributed by atoms with E-state index in [2.05, 4.69) is 20.2 Å². The lowest BCUT2D eigenvalue weighted by Crippen LogP contribution is -2.32. The number of carbonyl (C=O) groups excluding carboxylic acids is 2. The zero-order chi connectivity index (χ0) is 16.9. The first-order chi connectivity index (χ1) is 11.6. The van der Waals surface area contributed by atoms with Gasteiger partial charge in [0.1, 0.15) is 11.5 Å². The van der Waals surface area contributed by atoms with Gasteiger partial charge in [0.25, 0.3) is 5.91 Å². The van der Waals surface area contributed by atoms with Gasteiger partial charge in [-0.1, -0.05) is 16.6 Å². The number of aryl methyl sites for hydroxylation is 1. The predicted octanol–water partition coefficient (Wildman–Crippen LogP) is 2.48. The Balaban J connectivity index is 1.53. The Kier molecular flexibility index (Phi) is 4.66. The molecule has 0 fully saturated rings. The molecule has 3 rings (SSSR count). The van der Waals surface area contributed by atoms with Gasteiger partial charge >= 0.3 is 0 Å². The van der Waals surface area contributed by atoms with E-state index >= 15 is 0 Å². The Morgan fingerprint density at radius 2 is 2.00 bits per heavy atom. The van der Waals surface area contributed by atoms with Gasteiger partial charge in [0.2, 0.25) is 5.91 Å². The second-order valence-electron chi connectivity index (χ2n) is 4.99. The van der Waals surface area contributed by atoms with Gasteiger partial charge in [0.15, 0.2) is 0 Å². The molecule has 3 aromatic rings. The van der Waals surface area contributed by atoms with E-state index in [9.17, 15) is 9.59 Å². The number of hydrogen-bond donors (Lipinski definition) is 2. The smallest absolute Gasteiger partial charge is 0.255 e. The molecule has 2 amide bonds. The number of nitrogens with zero attached hydrogens (tertiary/aromatic N) is 2. The lowest BCUT2D eigenvalue weighted by molar-refractivity contribution is -0.115. The van der Waals surface area contributed by atoms with Gasteiger partial charge in [-0.15, -0.1) is 5.10 Å². The highest BCUT2D eigenvalue weighted by molar-refractivity contribution is 7.03. The van der Waals surface area contributed by atoms with Crippen LogP contribution in [0, 0.1) is 6.92 Å². The molecule has 7 nitrogen and oxygen atoms in total. The van der Waals surface area contributed by atoms with Crippen LogP contribution in [0.3, 0.4) is 0 Å². The lowest BCUT2D eigenvalue weighted by atomic mass is 10.1. The number of hydrogen-bond acceptors (Lipinski definition) is 6. The number of furan rings is 1. The van der Waals surface area contributed by atoms with Crippen molar-refractivity contribution >= 4 is 29.0 Å². The fraction of sp³-hybridized carbons (Fsp3) is 0.125. The van der Waals surface area contributed by atoms with Crippen molar-refractivity contribution < 1.29 is 14.0 Å². The number of rotatable bonds is 5. The highest BCUT2D eigenvalue weighted by Gasteiger charge is 2.12. The van der Waals surface area contributed by atoms with Crippen molar-refractivity contribution in [2.24, 2.45) is 0 Å². The molecule has 0 aliphatic heterocycles. The number of aromatic nitrogens is 2. The van der Waals surface area contributed by atoms with E-state index in [1.807, 2.05) is 17.5 Å². The van der Waals surface area contributed by atoms with Crippen LogP contribution in [0.5, 0.6) is 0 Å². The maximum atomic E-state index is 11.9. The molecule has 122 valence electrons. The van der Waals surface area contributed by atoms with Crippen molar-refractivity contribution in [3.63, 3.8) is 0 Å². The van der Waals surface area contributed by atoms with Gasteiger partial charge in [0.05, 0.1) is 18.4 Å². The van der Waals surface area contributed by atoms with E-state index < -0.39 is 0 Å². The maximum absolute atomic E-state index is 11.9. The molecule has 0 radical (unpaired) electrons. The van der Waals surface area contributed by atoms with Crippen LogP contribution in [0.25, 0.3) is 11.3 Å². The monoisotopic (exact) mass is 342 g/mol. The first-order valence-electron chi connectivity index (χ1n) is 7.13. The van der Waals surface area contributed by atoms with Gasteiger partial charge in [-0.3, -0.25) is 9.59 Å². The van der Waals surface area contributed by atoms with Crippen LogP contribution in [0.1, 0.15) is 16.1 Å². The largest absolute Gasteiger partial charge is 0.469 e. The van der Waals surface area contributed by atoms with Gasteiger partial charge in [-0.25, -0.2) is 0 Å². The molecule has 0 spiro atoms. The molecule has 0 aliphatic rings. The van der Waals surface area contributed by atoms with Gasteiger partial charge in [0, 0.05) is 16.6 Å². The van der Waals surface area contributed by atoms with Gasteiger partial charge in [-0.2, -0.15) is 0 Å². The minimum atomic E-state index is -0.345. The zero-order valence-electron chi connectivity index (χ0n) is 12.8. The summed E-state index contributed by atoms with van der Waals surface area (Å²) in [5.74, 6) is -0.143. The number of anilines is 1. The highest BCUT2D eigenvalue weighted by Crippen LogP contribution is 2.19. The second kappa shape index (κ2) is 7.05. The van der Waals surface area contributed by atoms with E-state index in [1.165, 1.54) is 17.8 Å². The Hall–Kier alpha value is -3.00. The predicted molar refractivity (Wildman–Crippen MR) is 89.8 cm³/mol. The molecular weight excluding hydrogens is 328 g/mol. The molecule has 0 bridgehead atoms. The number of carbonyl (C=O) groups is 2. The lowest BCUT2D eigenvalue weighted by Gasteiger charge is -2.07. The first-order valence-corrected chi connectivity index (χ1v) is 7.97. The van der Waals surface area contributed by atoms with E-state index in [1.54, 1.807) is 25.1 Å². The highest BCUT2D eigenvalue weighted by atomic mass is 32.1. The molecule has 8 heteroatoms. The Bertz CT molecular complexity index is 841. The third-order valence-electron chi connectivity index (χ3n) is 3.34. The summed E-state index contributed by atoms with van der Waals surface area (Å²) in [6.07, 6.45) is 1.43. The molecule has 0 atom stereocenters. The molecule has 0 saturated carbocycles. The van der Waals surface area contributed by atoms with Crippen LogP contribution in [-0.4, -0.2) is 27.9 Å². The Morgan fingerprint density at radius 3 is 2.62 bits per heavy atom. The SMILES string of the molecule is Cc1occc1C(=O)NCC(=O)Nc1ccc(-c2csnn2)cc1. The summed E-state index contributed by atoms with van der Waals surface area (Å²) in [6.45, 7) is 1.57. The third-order valence-corrected chi connectivity index (χ3v) is 3.84. The Labute approximate surface area is 141 Å². The summed E-state index contributed by atoms with van der Waals surface area (Å²) in [6, 6.07) is 8.80. The van der Waals surface area contributed by atoms with E-state index in [0.29, 0.717) is 17.0 Å². The van der Waals surface area contributed by atoms with E-state index in [4.69, 9.17) is 4.42 Å². The second-order valence-corrected chi connectivity index (χ2v) is 5.60. The molecule has 2 N–H and O–H groups in total. The Morgan fingerprint density at radius 1 is 1.21 bits per heavy atom. The molecule has 0 aliphatic carbocycles. The molecule has 2 heterocycles. The molecule has 1 aromatic carbocycles. The molecule has 0 unspecified atom stereocenters. The van der Waals surface area contributed by atoms with Crippen LogP contribution in [-0.2, 0) is 4.79 Å². The fourth-order valence-corrected chi connectivity index (χ4v) is 2.56. The number of nitrogens with one attached hydrogen (secondary N) is 2. The molecule has 0 saturated heterocycles. The van der Waals surface area contributed by atoms with Gasteiger partial charge in [-0.05, 0) is 36.7 Å². The molecule has 2 aromatic heterocycles. The summed E-state index contributed by atoms with van der Waals surface area (Å²) >= 11 is 1.28. The van der Waals surface area contributed by atoms with Crippen molar-refractivity contribution in [3.8, 4) is 11.3 Å². The van der Waals surface area contributed by atoms with Crippen molar-refractivity contribution in [2.75, 3.05) is 11.9 Å². The fourth-order valence-electron chi connectivity index (χ4n) is 2.10. The standard InChI is InChI=1S/C16H14N4O3S/c1-10-13(6-7-23-10)16(22)17-8-15(21)18-12-4-2-11(3-5-12)14-9-24-20-19-14/h2-7,9H,8H2,1H3,(H,17,22)(H,18,21). The maximum Gasteiger partial charge on any atom is 0.255 e. The van der Waals surface area contributed by atoms with Crippen molar-refractivity contribution in [2.45, 2.75) is 6.92 Å². The van der Waals surface area contributed by atoms with Crippen molar-refractivity contribution in [1.29, 1.82) is 0 Å². The average Bonchev–Trinajstić information content (AvgIpc) is 3.25. The van der Waals surface area contributed by atoms with Crippen LogP contribution >= 0.6 is 11.5 Å². The molecule has 24 heavy (non-hydrogen) atoms. The van der Waals surface area contributed by atoms with Crippen molar-refractivity contribution in [1.82, 2.24) is 14.9 Å². The van der Waals surface area contributed by atoms with Crippen LogP contribution in [0.2, 0.25) is 0 Å². The minimum absolute atomic E-state index is 0.124. The summed E-state index contributed by atoms with van der Waals surface area (Å²) in [4.78, 5) is 23.8. The third kappa shape index (κ3) is 3.66. The van der Waals surface area contributed by atoms with E-state index in [0.717, 1.165) is 11.3 Å². The van der Waals surface area contributed by atoms with Gasteiger partial charge < -0.3 is 15.1 Å². The normalized spacial score (nSPS) is 10.4. The summed E-state index contributed by atoms with van der Waals surface area (Å²) < 4.78 is 8.87. The zero-order valence-corrected chi connectivity index (χ0v) is 13.6. The topological polar surface area (TPSA) is 97.1 Å². The molecular formula is C16H14N4O3S. The summed E-state index contributed by atoms with van der Waals surface area (Å²) in [5.41, 5.74) is 2.77. The number of amides is 2. The summed E-state index contributed by atoms with van der Waals surface area (Å²) in [5, 5.41) is 11.1. The average molecular weight is 342 g/mol. The van der Waals surface area contributed by atoms with Crippen LogP contribution in [0.4, 0.5) is 5.69 Å². The van der Waals surface area contributed by atoms with Crippen LogP contribution < -0.4 is 10.6 Å². The first kappa shape index (κ1) is 15.9. The van der Waals surface area contributed by atoms with E-state index in [-0.39, 0.29) is 18.4 Å².